The number of hydrogen-bond acceptors (Lipinski definition) is 0. The van der Waals surface area contributed by atoms with E-state index in [1.54, 1.807) is 4.46 Å². The van der Waals surface area contributed by atoms with E-state index in [-0.39, 0.29) is 0 Å². The summed E-state index contributed by atoms with van der Waals surface area (Å²) >= 11 is 0.630. The van der Waals surface area contributed by atoms with E-state index >= 15 is 0 Å². The van der Waals surface area contributed by atoms with Crippen molar-refractivity contribution in [3.05, 3.63) is 54.1 Å². The third kappa shape index (κ3) is 1.21. The van der Waals surface area contributed by atoms with Crippen molar-refractivity contribution in [3.8, 4) is 11.1 Å². The molecule has 0 aliphatic carbocycles. The Kier molecular flexibility index (Phi) is 1.93. The molecule has 2 aromatic rings. The van der Waals surface area contributed by atoms with Crippen LogP contribution in [0.1, 0.15) is 5.56 Å². The Bertz CT molecular complexity index is 429. The average molecular weight is 245 g/mol. The predicted octanol–water partition coefficient (Wildman–Crippen LogP) is 2.20. The maximum atomic E-state index is 2.27. The van der Waals surface area contributed by atoms with Crippen LogP contribution in [0, 0.1) is 0 Å². The molecule has 0 amide bonds. The fourth-order valence-electron chi connectivity index (χ4n) is 1.88. The van der Waals surface area contributed by atoms with Crippen molar-refractivity contribution in [3.63, 3.8) is 0 Å². The van der Waals surface area contributed by atoms with Crippen LogP contribution in [0.5, 0.6) is 0 Å². The zero-order valence-corrected chi connectivity index (χ0v) is 9.45. The summed E-state index contributed by atoms with van der Waals surface area (Å²) in [5.41, 5.74) is 4.41. The van der Waals surface area contributed by atoms with Crippen LogP contribution < -0.4 is 4.46 Å². The second-order valence-corrected chi connectivity index (χ2v) is 5.58. The van der Waals surface area contributed by atoms with E-state index in [1.807, 2.05) is 0 Å². The van der Waals surface area contributed by atoms with Crippen LogP contribution in [0.4, 0.5) is 0 Å². The summed E-state index contributed by atoms with van der Waals surface area (Å²) in [6.07, 6.45) is 0. The van der Waals surface area contributed by atoms with Crippen molar-refractivity contribution in [1.82, 2.24) is 0 Å². The molecule has 1 aliphatic heterocycles. The first kappa shape index (κ1) is 8.28. The molecule has 0 nitrogen and oxygen atoms in total. The van der Waals surface area contributed by atoms with Gasteiger partial charge in [0.05, 0.1) is 0 Å². The molecule has 0 N–H and O–H groups in total. The van der Waals surface area contributed by atoms with Gasteiger partial charge in [0, 0.05) is 0 Å². The second-order valence-electron chi connectivity index (χ2n) is 3.44. The molecule has 68 valence electrons. The molecule has 0 fully saturated rings. The SMILES string of the molecule is c1ccc2c(c1)C[Se]c1ccccc1-2. The molecule has 0 saturated heterocycles. The van der Waals surface area contributed by atoms with Gasteiger partial charge in [-0.2, -0.15) is 0 Å². The molecule has 0 bridgehead atoms. The summed E-state index contributed by atoms with van der Waals surface area (Å²) in [5.74, 6) is 0. The molecular formula is C13H10Se. The zero-order valence-electron chi connectivity index (χ0n) is 7.73. The van der Waals surface area contributed by atoms with Crippen LogP contribution >= 0.6 is 0 Å². The molecular weight excluding hydrogens is 235 g/mol. The zero-order chi connectivity index (χ0) is 9.38. The molecule has 1 heteroatoms. The van der Waals surface area contributed by atoms with Gasteiger partial charge < -0.3 is 0 Å². The van der Waals surface area contributed by atoms with E-state index in [0.29, 0.717) is 15.0 Å². The van der Waals surface area contributed by atoms with Gasteiger partial charge in [-0.15, -0.1) is 0 Å². The summed E-state index contributed by atoms with van der Waals surface area (Å²) in [5, 5.41) is 1.25. The van der Waals surface area contributed by atoms with Gasteiger partial charge in [-0.05, 0) is 0 Å². The molecule has 0 radical (unpaired) electrons. The van der Waals surface area contributed by atoms with Gasteiger partial charge in [0.1, 0.15) is 0 Å². The van der Waals surface area contributed by atoms with E-state index in [0.717, 1.165) is 0 Å². The molecule has 3 rings (SSSR count). The average Bonchev–Trinajstić information content (AvgIpc) is 2.29. The Hall–Kier alpha value is -1.04. The van der Waals surface area contributed by atoms with Crippen molar-refractivity contribution in [2.24, 2.45) is 0 Å². The van der Waals surface area contributed by atoms with E-state index < -0.39 is 0 Å². The normalized spacial score (nSPS) is 13.1. The summed E-state index contributed by atoms with van der Waals surface area (Å²) in [6.45, 7) is 0. The molecule has 14 heavy (non-hydrogen) atoms. The van der Waals surface area contributed by atoms with Crippen LogP contribution in [0.2, 0.25) is 0 Å². The quantitative estimate of drug-likeness (QED) is 0.624. The Morgan fingerprint density at radius 1 is 0.786 bits per heavy atom. The monoisotopic (exact) mass is 246 g/mol. The van der Waals surface area contributed by atoms with Gasteiger partial charge in [0.25, 0.3) is 0 Å². The third-order valence-corrected chi connectivity index (χ3v) is 4.93. The van der Waals surface area contributed by atoms with Gasteiger partial charge in [0.15, 0.2) is 0 Å². The van der Waals surface area contributed by atoms with Crippen LogP contribution in [-0.2, 0) is 5.32 Å². The summed E-state index contributed by atoms with van der Waals surface area (Å²) in [7, 11) is 0. The first-order valence-electron chi connectivity index (χ1n) is 4.75. The topological polar surface area (TPSA) is 0 Å². The molecule has 0 saturated carbocycles. The van der Waals surface area contributed by atoms with Gasteiger partial charge >= 0.3 is 90.0 Å². The minimum absolute atomic E-state index is 0.630. The molecule has 1 aliphatic rings. The van der Waals surface area contributed by atoms with Crippen LogP contribution in [0.15, 0.2) is 48.5 Å². The third-order valence-electron chi connectivity index (χ3n) is 2.58. The summed E-state index contributed by atoms with van der Waals surface area (Å²) in [4.78, 5) is 0. The summed E-state index contributed by atoms with van der Waals surface area (Å²) in [6, 6.07) is 17.6. The van der Waals surface area contributed by atoms with Crippen molar-refractivity contribution in [1.29, 1.82) is 0 Å². The standard InChI is InChI=1S/C13H10Se/c1-2-6-11-10(5-1)9-14-13-8-4-3-7-12(11)13/h1-8H,9H2. The first-order valence-corrected chi connectivity index (χ1v) is 6.82. The predicted molar refractivity (Wildman–Crippen MR) is 61.0 cm³/mol. The first-order chi connectivity index (χ1) is 6.95. The van der Waals surface area contributed by atoms with Crippen LogP contribution in [0.3, 0.4) is 0 Å². The van der Waals surface area contributed by atoms with E-state index in [2.05, 4.69) is 48.5 Å². The molecule has 0 aromatic heterocycles. The second kappa shape index (κ2) is 3.27. The Morgan fingerprint density at radius 2 is 1.50 bits per heavy atom. The van der Waals surface area contributed by atoms with Gasteiger partial charge in [-0.25, -0.2) is 0 Å². The number of rotatable bonds is 0. The molecule has 0 atom stereocenters. The molecule has 0 spiro atoms. The minimum atomic E-state index is 0.630. The Labute approximate surface area is 90.1 Å². The van der Waals surface area contributed by atoms with Crippen molar-refractivity contribution >= 4 is 19.4 Å². The van der Waals surface area contributed by atoms with Gasteiger partial charge in [0.2, 0.25) is 0 Å². The number of fused-ring (bicyclic) bond motifs is 3. The van der Waals surface area contributed by atoms with Crippen molar-refractivity contribution < 1.29 is 0 Å². The number of benzene rings is 2. The van der Waals surface area contributed by atoms with E-state index in [1.165, 1.54) is 22.0 Å². The van der Waals surface area contributed by atoms with Crippen molar-refractivity contribution in [2.45, 2.75) is 5.32 Å². The fraction of sp³-hybridized carbons (Fsp3) is 0.0769. The van der Waals surface area contributed by atoms with Crippen molar-refractivity contribution in [2.75, 3.05) is 0 Å². The molecule has 2 aromatic carbocycles. The van der Waals surface area contributed by atoms with E-state index in [4.69, 9.17) is 0 Å². The maximum absolute atomic E-state index is 2.27. The van der Waals surface area contributed by atoms with E-state index in [9.17, 15) is 0 Å². The Morgan fingerprint density at radius 3 is 2.43 bits per heavy atom. The molecule has 0 unspecified atom stereocenters. The Balaban J connectivity index is 2.29. The molecule has 1 heterocycles. The summed E-state index contributed by atoms with van der Waals surface area (Å²) < 4.78 is 1.55. The number of hydrogen-bond donors (Lipinski definition) is 0. The van der Waals surface area contributed by atoms with Gasteiger partial charge in [-0.3, -0.25) is 0 Å². The van der Waals surface area contributed by atoms with Crippen LogP contribution in [0.25, 0.3) is 11.1 Å². The fourth-order valence-corrected chi connectivity index (χ4v) is 4.13. The van der Waals surface area contributed by atoms with Crippen LogP contribution in [-0.4, -0.2) is 15.0 Å². The van der Waals surface area contributed by atoms with Gasteiger partial charge in [-0.1, -0.05) is 0 Å².